The highest BCUT2D eigenvalue weighted by Gasteiger charge is 2.10. The first-order valence-electron chi connectivity index (χ1n) is 6.26. The van der Waals surface area contributed by atoms with Gasteiger partial charge >= 0.3 is 0 Å². The molecule has 0 aliphatic rings. The average molecular weight is 292 g/mol. The zero-order chi connectivity index (χ0) is 14.5. The Balaban J connectivity index is 1.95. The number of Topliss-reactive ketones (excluding diaryl/α,β-unsaturated/α-hetero) is 1. The number of carbonyl (C=O) groups is 1. The molecule has 4 heteroatoms. The molecule has 0 bridgehead atoms. The van der Waals surface area contributed by atoms with Gasteiger partial charge in [0.2, 0.25) is 0 Å². The third-order valence-corrected chi connectivity index (χ3v) is 3.17. The van der Waals surface area contributed by atoms with Crippen molar-refractivity contribution in [3.8, 4) is 0 Å². The monoisotopic (exact) mass is 291 g/mol. The fourth-order valence-corrected chi connectivity index (χ4v) is 2.10. The van der Waals surface area contributed by atoms with Crippen LogP contribution in [0.4, 0.5) is 4.39 Å². The summed E-state index contributed by atoms with van der Waals surface area (Å²) in [5, 5.41) is 0.606. The van der Waals surface area contributed by atoms with E-state index in [2.05, 4.69) is 0 Å². The summed E-state index contributed by atoms with van der Waals surface area (Å²) < 4.78 is 13.1. The molecule has 0 spiro atoms. The number of nitrogens with zero attached hydrogens (tertiary/aromatic N) is 1. The second kappa shape index (κ2) is 6.64. The minimum atomic E-state index is -0.264. The van der Waals surface area contributed by atoms with Crippen LogP contribution in [0.2, 0.25) is 5.02 Å². The number of rotatable bonds is 5. The molecule has 0 aromatic heterocycles. The van der Waals surface area contributed by atoms with E-state index in [4.69, 9.17) is 11.6 Å². The van der Waals surface area contributed by atoms with Crippen molar-refractivity contribution < 1.29 is 9.18 Å². The van der Waals surface area contributed by atoms with Crippen LogP contribution in [-0.4, -0.2) is 24.3 Å². The van der Waals surface area contributed by atoms with Gasteiger partial charge in [-0.3, -0.25) is 9.69 Å². The molecule has 0 amide bonds. The second-order valence-electron chi connectivity index (χ2n) is 4.73. The number of ketones is 1. The van der Waals surface area contributed by atoms with Crippen molar-refractivity contribution in [3.05, 3.63) is 70.5 Å². The lowest BCUT2D eigenvalue weighted by Crippen LogP contribution is -2.25. The Morgan fingerprint density at radius 3 is 2.55 bits per heavy atom. The number of carbonyl (C=O) groups excluding carboxylic acids is 1. The molecule has 2 aromatic rings. The molecule has 0 aliphatic heterocycles. The van der Waals surface area contributed by atoms with E-state index < -0.39 is 0 Å². The molecule has 104 valence electrons. The highest BCUT2D eigenvalue weighted by atomic mass is 35.5. The highest BCUT2D eigenvalue weighted by molar-refractivity contribution is 6.30. The summed E-state index contributed by atoms with van der Waals surface area (Å²) in [7, 11) is 1.83. The molecule has 0 N–H and O–H groups in total. The maximum atomic E-state index is 13.1. The van der Waals surface area contributed by atoms with Gasteiger partial charge < -0.3 is 0 Å². The van der Waals surface area contributed by atoms with E-state index in [9.17, 15) is 9.18 Å². The summed E-state index contributed by atoms with van der Waals surface area (Å²) in [6.07, 6.45) is 0. The normalized spacial score (nSPS) is 10.8. The number of halogens is 2. The van der Waals surface area contributed by atoms with Crippen LogP contribution in [0, 0.1) is 5.82 Å². The molecule has 20 heavy (non-hydrogen) atoms. The first-order chi connectivity index (χ1) is 9.54. The number of benzene rings is 2. The van der Waals surface area contributed by atoms with Crippen LogP contribution in [0.5, 0.6) is 0 Å². The van der Waals surface area contributed by atoms with Gasteiger partial charge in [-0.15, -0.1) is 0 Å². The summed E-state index contributed by atoms with van der Waals surface area (Å²) in [6.45, 7) is 0.801. The SMILES string of the molecule is CN(CC(=O)c1ccc(Cl)cc1)Cc1cccc(F)c1. The van der Waals surface area contributed by atoms with Gasteiger partial charge in [-0.05, 0) is 49.0 Å². The molecule has 0 fully saturated rings. The number of hydrogen-bond acceptors (Lipinski definition) is 2. The number of likely N-dealkylation sites (N-methyl/N-ethyl adjacent to an activating group) is 1. The van der Waals surface area contributed by atoms with Crippen LogP contribution >= 0.6 is 11.6 Å². The van der Waals surface area contributed by atoms with E-state index in [-0.39, 0.29) is 18.1 Å². The van der Waals surface area contributed by atoms with Crippen LogP contribution in [-0.2, 0) is 6.54 Å². The maximum Gasteiger partial charge on any atom is 0.176 e. The third kappa shape index (κ3) is 4.15. The van der Waals surface area contributed by atoms with Gasteiger partial charge in [0.25, 0.3) is 0 Å². The van der Waals surface area contributed by atoms with Crippen molar-refractivity contribution >= 4 is 17.4 Å². The first kappa shape index (κ1) is 14.7. The lowest BCUT2D eigenvalue weighted by molar-refractivity contribution is 0.0943. The van der Waals surface area contributed by atoms with E-state index >= 15 is 0 Å². The molecule has 0 atom stereocenters. The van der Waals surface area contributed by atoms with E-state index in [0.717, 1.165) is 5.56 Å². The summed E-state index contributed by atoms with van der Waals surface area (Å²) in [4.78, 5) is 13.9. The Morgan fingerprint density at radius 2 is 1.90 bits per heavy atom. The molecule has 0 radical (unpaired) electrons. The molecule has 0 heterocycles. The van der Waals surface area contributed by atoms with Gasteiger partial charge in [-0.2, -0.15) is 0 Å². The van der Waals surface area contributed by atoms with Gasteiger partial charge in [-0.1, -0.05) is 23.7 Å². The number of hydrogen-bond donors (Lipinski definition) is 0. The standard InChI is InChI=1S/C16H15ClFNO/c1-19(10-12-3-2-4-15(18)9-12)11-16(20)13-5-7-14(17)8-6-13/h2-9H,10-11H2,1H3. The van der Waals surface area contributed by atoms with Gasteiger partial charge in [-0.25, -0.2) is 4.39 Å². The van der Waals surface area contributed by atoms with Gasteiger partial charge in [0.05, 0.1) is 6.54 Å². The fraction of sp³-hybridized carbons (Fsp3) is 0.188. The molecule has 0 saturated carbocycles. The predicted molar refractivity (Wildman–Crippen MR) is 78.5 cm³/mol. The predicted octanol–water partition coefficient (Wildman–Crippen LogP) is 3.79. The lowest BCUT2D eigenvalue weighted by Gasteiger charge is -2.16. The molecule has 2 nitrogen and oxygen atoms in total. The second-order valence-corrected chi connectivity index (χ2v) is 5.17. The van der Waals surface area contributed by atoms with Crippen molar-refractivity contribution in [2.75, 3.05) is 13.6 Å². The van der Waals surface area contributed by atoms with Crippen LogP contribution in [0.25, 0.3) is 0 Å². The van der Waals surface area contributed by atoms with Crippen molar-refractivity contribution in [2.24, 2.45) is 0 Å². The molecule has 0 saturated heterocycles. The lowest BCUT2D eigenvalue weighted by atomic mass is 10.1. The molecule has 2 aromatic carbocycles. The van der Waals surface area contributed by atoms with Crippen LogP contribution in [0.3, 0.4) is 0 Å². The smallest absolute Gasteiger partial charge is 0.176 e. The van der Waals surface area contributed by atoms with Crippen LogP contribution < -0.4 is 0 Å². The Morgan fingerprint density at radius 1 is 1.20 bits per heavy atom. The summed E-state index contributed by atoms with van der Waals surface area (Å²) in [5.74, 6) is -0.250. The first-order valence-corrected chi connectivity index (χ1v) is 6.64. The van der Waals surface area contributed by atoms with Crippen LogP contribution in [0.15, 0.2) is 48.5 Å². The van der Waals surface area contributed by atoms with E-state index in [1.165, 1.54) is 12.1 Å². The Labute approximate surface area is 122 Å². The third-order valence-electron chi connectivity index (χ3n) is 2.92. The van der Waals surface area contributed by atoms with E-state index in [1.807, 2.05) is 18.0 Å². The summed E-state index contributed by atoms with van der Waals surface area (Å²) in [6, 6.07) is 13.2. The van der Waals surface area contributed by atoms with Crippen molar-refractivity contribution in [1.29, 1.82) is 0 Å². The highest BCUT2D eigenvalue weighted by Crippen LogP contribution is 2.11. The summed E-state index contributed by atoms with van der Waals surface area (Å²) >= 11 is 5.79. The minimum Gasteiger partial charge on any atom is -0.295 e. The van der Waals surface area contributed by atoms with Crippen molar-refractivity contribution in [3.63, 3.8) is 0 Å². The zero-order valence-electron chi connectivity index (χ0n) is 11.1. The van der Waals surface area contributed by atoms with E-state index in [0.29, 0.717) is 17.1 Å². The van der Waals surface area contributed by atoms with Crippen LogP contribution in [0.1, 0.15) is 15.9 Å². The average Bonchev–Trinajstić information content (AvgIpc) is 2.39. The maximum absolute atomic E-state index is 13.1. The van der Waals surface area contributed by atoms with E-state index in [1.54, 1.807) is 30.3 Å². The Hall–Kier alpha value is -1.71. The Bertz CT molecular complexity index is 598. The van der Waals surface area contributed by atoms with Gasteiger partial charge in [0.15, 0.2) is 5.78 Å². The molecular weight excluding hydrogens is 277 g/mol. The van der Waals surface area contributed by atoms with Gasteiger partial charge in [0, 0.05) is 17.1 Å². The fourth-order valence-electron chi connectivity index (χ4n) is 1.98. The molecule has 2 rings (SSSR count). The largest absolute Gasteiger partial charge is 0.295 e. The van der Waals surface area contributed by atoms with Crippen molar-refractivity contribution in [1.82, 2.24) is 4.90 Å². The quantitative estimate of drug-likeness (QED) is 0.781. The summed E-state index contributed by atoms with van der Waals surface area (Å²) in [5.41, 5.74) is 1.47. The Kier molecular flexibility index (Phi) is 4.88. The van der Waals surface area contributed by atoms with Crippen molar-refractivity contribution in [2.45, 2.75) is 6.54 Å². The molecular formula is C16H15ClFNO. The van der Waals surface area contributed by atoms with Gasteiger partial charge in [0.1, 0.15) is 5.82 Å². The minimum absolute atomic E-state index is 0.0144. The molecule has 0 unspecified atom stereocenters. The zero-order valence-corrected chi connectivity index (χ0v) is 11.9. The topological polar surface area (TPSA) is 20.3 Å². The molecule has 0 aliphatic carbocycles.